The SMILES string of the molecule is CCN(CC)C(=O)N[C@H]1CC2c3cc(Br)cc4[nH]c(Br)c(c34)C[C@H]2N(C)C1. The van der Waals surface area contributed by atoms with Crippen LogP contribution in [0.15, 0.2) is 21.2 Å². The number of fused-ring (bicyclic) bond motifs is 2. The third-order valence-corrected chi connectivity index (χ3v) is 7.35. The first-order valence-corrected chi connectivity index (χ1v) is 11.3. The normalized spacial score (nSPS) is 24.7. The zero-order valence-corrected chi connectivity index (χ0v) is 19.2. The van der Waals surface area contributed by atoms with Crippen LogP contribution in [0, 0.1) is 0 Å². The van der Waals surface area contributed by atoms with Crippen molar-refractivity contribution >= 4 is 48.8 Å². The Morgan fingerprint density at radius 3 is 2.78 bits per heavy atom. The van der Waals surface area contributed by atoms with E-state index in [1.54, 1.807) is 0 Å². The summed E-state index contributed by atoms with van der Waals surface area (Å²) in [6, 6.07) is 5.11. The van der Waals surface area contributed by atoms with Crippen LogP contribution in [0.4, 0.5) is 4.79 Å². The number of hydrogen-bond acceptors (Lipinski definition) is 2. The van der Waals surface area contributed by atoms with Crippen molar-refractivity contribution in [2.24, 2.45) is 0 Å². The third-order valence-electron chi connectivity index (χ3n) is 6.21. The van der Waals surface area contributed by atoms with Gasteiger partial charge in [0.25, 0.3) is 0 Å². The first-order valence-electron chi connectivity index (χ1n) is 9.68. The Labute approximate surface area is 177 Å². The van der Waals surface area contributed by atoms with Crippen LogP contribution in [0.5, 0.6) is 0 Å². The number of carbonyl (C=O) groups excluding carboxylic acids is 1. The number of aromatic amines is 1. The molecule has 1 unspecified atom stereocenters. The average molecular weight is 498 g/mol. The lowest BCUT2D eigenvalue weighted by Crippen LogP contribution is -2.56. The van der Waals surface area contributed by atoms with Crippen LogP contribution in [0.2, 0.25) is 0 Å². The fourth-order valence-corrected chi connectivity index (χ4v) is 5.95. The molecule has 0 saturated carbocycles. The first-order chi connectivity index (χ1) is 12.9. The summed E-state index contributed by atoms with van der Waals surface area (Å²) in [4.78, 5) is 20.3. The number of aromatic nitrogens is 1. The molecule has 2 amide bonds. The molecule has 27 heavy (non-hydrogen) atoms. The number of rotatable bonds is 3. The molecule has 1 saturated heterocycles. The number of amides is 2. The highest BCUT2D eigenvalue weighted by atomic mass is 79.9. The zero-order chi connectivity index (χ0) is 19.3. The highest BCUT2D eigenvalue weighted by molar-refractivity contribution is 9.10. The molecule has 1 aromatic heterocycles. The maximum atomic E-state index is 12.6. The lowest BCUT2D eigenvalue weighted by molar-refractivity contribution is 0.124. The first kappa shape index (κ1) is 19.3. The van der Waals surface area contributed by atoms with Crippen LogP contribution in [0.25, 0.3) is 10.9 Å². The summed E-state index contributed by atoms with van der Waals surface area (Å²) < 4.78 is 2.20. The van der Waals surface area contributed by atoms with E-state index >= 15 is 0 Å². The number of likely N-dealkylation sites (N-methyl/N-ethyl adjacent to an activating group) is 1. The minimum absolute atomic E-state index is 0.0529. The molecule has 1 aliphatic carbocycles. The predicted molar refractivity (Wildman–Crippen MR) is 116 cm³/mol. The fourth-order valence-electron chi connectivity index (χ4n) is 4.90. The second kappa shape index (κ2) is 7.41. The minimum Gasteiger partial charge on any atom is -0.349 e. The van der Waals surface area contributed by atoms with Crippen molar-refractivity contribution in [1.29, 1.82) is 0 Å². The molecular weight excluding hydrogens is 472 g/mol. The second-order valence-electron chi connectivity index (χ2n) is 7.71. The van der Waals surface area contributed by atoms with Gasteiger partial charge in [0.2, 0.25) is 0 Å². The molecule has 4 rings (SSSR count). The number of nitrogens with one attached hydrogen (secondary N) is 2. The van der Waals surface area contributed by atoms with Crippen LogP contribution in [0.3, 0.4) is 0 Å². The van der Waals surface area contributed by atoms with E-state index in [0.717, 1.165) is 41.6 Å². The number of likely N-dealkylation sites (tertiary alicyclic amines) is 1. The number of benzene rings is 1. The van der Waals surface area contributed by atoms with E-state index in [0.29, 0.717) is 12.0 Å². The number of piperidine rings is 1. The Kier molecular flexibility index (Phi) is 5.29. The Balaban J connectivity index is 1.66. The Morgan fingerprint density at radius 1 is 1.33 bits per heavy atom. The summed E-state index contributed by atoms with van der Waals surface area (Å²) in [6.07, 6.45) is 2.02. The molecule has 2 N–H and O–H groups in total. The molecule has 2 aliphatic rings. The van der Waals surface area contributed by atoms with Crippen LogP contribution >= 0.6 is 31.9 Å². The minimum atomic E-state index is 0.0529. The van der Waals surface area contributed by atoms with E-state index in [1.807, 2.05) is 18.7 Å². The smallest absolute Gasteiger partial charge is 0.317 e. The molecular formula is C20H26Br2N4O. The van der Waals surface area contributed by atoms with Gasteiger partial charge in [0, 0.05) is 53.0 Å². The zero-order valence-electron chi connectivity index (χ0n) is 16.0. The van der Waals surface area contributed by atoms with Crippen LogP contribution in [-0.2, 0) is 6.42 Å². The lowest BCUT2D eigenvalue weighted by Gasteiger charge is -2.46. The molecule has 5 nitrogen and oxygen atoms in total. The standard InChI is InChI=1S/C20H26Br2N4O/c1-4-26(5-2)20(27)23-12-8-13-14-6-11(21)7-16-18(14)15(19(22)24-16)9-17(13)25(3)10-12/h6-7,12-13,17,24H,4-5,8-10H2,1-3H3,(H,23,27)/t12-,13?,17+/m0/s1. The van der Waals surface area contributed by atoms with Gasteiger partial charge in [0.1, 0.15) is 0 Å². The van der Waals surface area contributed by atoms with Gasteiger partial charge in [0.05, 0.1) is 4.60 Å². The van der Waals surface area contributed by atoms with Gasteiger partial charge in [0.15, 0.2) is 0 Å². The maximum absolute atomic E-state index is 12.6. The largest absolute Gasteiger partial charge is 0.349 e. The van der Waals surface area contributed by atoms with Crippen molar-refractivity contribution in [3.8, 4) is 0 Å². The van der Waals surface area contributed by atoms with Crippen LogP contribution in [0.1, 0.15) is 37.3 Å². The van der Waals surface area contributed by atoms with E-state index in [2.05, 4.69) is 66.2 Å². The molecule has 0 radical (unpaired) electrons. The summed E-state index contributed by atoms with van der Waals surface area (Å²) >= 11 is 7.40. The number of hydrogen-bond donors (Lipinski definition) is 2. The van der Waals surface area contributed by atoms with Gasteiger partial charge in [-0.05, 0) is 72.9 Å². The number of carbonyl (C=O) groups is 1. The Hall–Kier alpha value is -1.05. The van der Waals surface area contributed by atoms with Gasteiger partial charge in [-0.3, -0.25) is 0 Å². The topological polar surface area (TPSA) is 51.4 Å². The lowest BCUT2D eigenvalue weighted by atomic mass is 9.74. The van der Waals surface area contributed by atoms with E-state index < -0.39 is 0 Å². The molecule has 0 spiro atoms. The third kappa shape index (κ3) is 3.32. The van der Waals surface area contributed by atoms with E-state index in [4.69, 9.17) is 0 Å². The monoisotopic (exact) mass is 496 g/mol. The summed E-state index contributed by atoms with van der Waals surface area (Å²) in [5, 5.41) is 4.63. The molecule has 2 heterocycles. The van der Waals surface area contributed by atoms with E-state index in [9.17, 15) is 4.79 Å². The summed E-state index contributed by atoms with van der Waals surface area (Å²) in [5.74, 6) is 0.418. The second-order valence-corrected chi connectivity index (χ2v) is 9.42. The number of H-pyrrole nitrogens is 1. The molecule has 1 aromatic carbocycles. The highest BCUT2D eigenvalue weighted by Crippen LogP contribution is 2.46. The molecule has 0 bridgehead atoms. The number of nitrogens with zero attached hydrogens (tertiary/aromatic N) is 2. The van der Waals surface area contributed by atoms with Crippen LogP contribution < -0.4 is 5.32 Å². The molecule has 146 valence electrons. The molecule has 2 aromatic rings. The van der Waals surface area contributed by atoms with E-state index in [1.165, 1.54) is 22.0 Å². The van der Waals surface area contributed by atoms with Gasteiger partial charge >= 0.3 is 6.03 Å². The average Bonchev–Trinajstić information content (AvgIpc) is 2.93. The van der Waals surface area contributed by atoms with E-state index in [-0.39, 0.29) is 12.1 Å². The van der Waals surface area contributed by atoms with Gasteiger partial charge in [-0.15, -0.1) is 0 Å². The summed E-state index contributed by atoms with van der Waals surface area (Å²) in [5.41, 5.74) is 3.95. The molecule has 1 aliphatic heterocycles. The maximum Gasteiger partial charge on any atom is 0.317 e. The van der Waals surface area contributed by atoms with Crippen LogP contribution in [-0.4, -0.2) is 59.6 Å². The molecule has 1 fully saturated rings. The number of halogens is 2. The van der Waals surface area contributed by atoms with Gasteiger partial charge < -0.3 is 20.1 Å². The van der Waals surface area contributed by atoms with Crippen molar-refractivity contribution < 1.29 is 4.79 Å². The quantitative estimate of drug-likeness (QED) is 0.657. The molecule has 7 heteroatoms. The van der Waals surface area contributed by atoms with Crippen molar-refractivity contribution in [2.45, 2.75) is 44.7 Å². The highest BCUT2D eigenvalue weighted by Gasteiger charge is 2.41. The Bertz CT molecular complexity index is 876. The number of urea groups is 1. The van der Waals surface area contributed by atoms with Crippen molar-refractivity contribution in [3.63, 3.8) is 0 Å². The fraction of sp³-hybridized carbons (Fsp3) is 0.550. The van der Waals surface area contributed by atoms with Gasteiger partial charge in [-0.1, -0.05) is 15.9 Å². The summed E-state index contributed by atoms with van der Waals surface area (Å²) in [6.45, 7) is 6.42. The Morgan fingerprint density at radius 2 is 2.07 bits per heavy atom. The van der Waals surface area contributed by atoms with Crippen molar-refractivity contribution in [2.75, 3.05) is 26.7 Å². The van der Waals surface area contributed by atoms with Crippen molar-refractivity contribution in [3.05, 3.63) is 32.3 Å². The van der Waals surface area contributed by atoms with Crippen molar-refractivity contribution in [1.82, 2.24) is 20.1 Å². The summed E-state index contributed by atoms with van der Waals surface area (Å²) in [7, 11) is 2.19. The van der Waals surface area contributed by atoms with Gasteiger partial charge in [-0.25, -0.2) is 4.79 Å². The van der Waals surface area contributed by atoms with Gasteiger partial charge in [-0.2, -0.15) is 0 Å². The molecule has 3 atom stereocenters. The predicted octanol–water partition coefficient (Wildman–Crippen LogP) is 4.46.